The molecule has 2 rings (SSSR count). The molecule has 2 aromatic carbocycles. The number of non-ortho nitro benzene ring substituents is 1. The van der Waals surface area contributed by atoms with E-state index >= 15 is 0 Å². The van der Waals surface area contributed by atoms with Gasteiger partial charge in [-0.25, -0.2) is 0 Å². The lowest BCUT2D eigenvalue weighted by molar-refractivity contribution is -0.384. The molecule has 0 amide bonds. The van der Waals surface area contributed by atoms with Gasteiger partial charge in [-0.3, -0.25) is 15.1 Å². The van der Waals surface area contributed by atoms with Crippen LogP contribution in [0.15, 0.2) is 47.5 Å². The number of nitro groups is 1. The summed E-state index contributed by atoms with van der Waals surface area (Å²) in [5.41, 5.74) is 2.48. The van der Waals surface area contributed by atoms with Crippen LogP contribution in [0.1, 0.15) is 5.56 Å². The van der Waals surface area contributed by atoms with Crippen molar-refractivity contribution in [2.75, 3.05) is 19.0 Å². The van der Waals surface area contributed by atoms with E-state index < -0.39 is 4.92 Å². The van der Waals surface area contributed by atoms with Gasteiger partial charge >= 0.3 is 0 Å². The summed E-state index contributed by atoms with van der Waals surface area (Å²) < 4.78 is 0. The first-order valence-electron chi connectivity index (χ1n) is 6.23. The molecule has 0 atom stereocenters. The fourth-order valence-corrected chi connectivity index (χ4v) is 1.94. The molecule has 0 aliphatic rings. The third kappa shape index (κ3) is 3.79. The predicted octanol–water partition coefficient (Wildman–Crippen LogP) is 4.06. The highest BCUT2D eigenvalue weighted by Crippen LogP contribution is 2.28. The molecular weight excluding hydrogens is 290 g/mol. The quantitative estimate of drug-likeness (QED) is 0.486. The predicted molar refractivity (Wildman–Crippen MR) is 86.1 cm³/mol. The lowest BCUT2D eigenvalue weighted by Crippen LogP contribution is -2.08. The molecule has 0 bridgehead atoms. The van der Waals surface area contributed by atoms with Gasteiger partial charge in [0.2, 0.25) is 0 Å². The Labute approximate surface area is 127 Å². The molecule has 0 aliphatic heterocycles. The number of hydrogen-bond acceptors (Lipinski definition) is 4. The van der Waals surface area contributed by atoms with Crippen LogP contribution >= 0.6 is 11.6 Å². The Morgan fingerprint density at radius 1 is 1.19 bits per heavy atom. The second-order valence-corrected chi connectivity index (χ2v) is 5.04. The Bertz CT molecular complexity index is 682. The van der Waals surface area contributed by atoms with Crippen molar-refractivity contribution in [2.45, 2.75) is 0 Å². The number of rotatable bonds is 4. The molecule has 5 nitrogen and oxygen atoms in total. The summed E-state index contributed by atoms with van der Waals surface area (Å²) in [4.78, 5) is 16.4. The standard InChI is InChI=1S/C15H14ClN3O2/c1-18(2)12-5-3-11(4-6-12)10-17-15-8-7-13(19(20)21)9-14(15)16/h3-10H,1-2H3. The van der Waals surface area contributed by atoms with E-state index in [0.29, 0.717) is 5.69 Å². The van der Waals surface area contributed by atoms with Gasteiger partial charge in [-0.1, -0.05) is 23.7 Å². The van der Waals surface area contributed by atoms with E-state index in [-0.39, 0.29) is 10.7 Å². The minimum atomic E-state index is -0.487. The largest absolute Gasteiger partial charge is 0.378 e. The van der Waals surface area contributed by atoms with Crippen LogP contribution in [0.3, 0.4) is 0 Å². The number of nitro benzene ring substituents is 1. The van der Waals surface area contributed by atoms with Crippen LogP contribution in [0, 0.1) is 10.1 Å². The Hall–Kier alpha value is -2.40. The van der Waals surface area contributed by atoms with Gasteiger partial charge in [0.15, 0.2) is 0 Å². The first-order valence-corrected chi connectivity index (χ1v) is 6.60. The molecule has 108 valence electrons. The van der Waals surface area contributed by atoms with Crippen LogP contribution in [-0.2, 0) is 0 Å². The van der Waals surface area contributed by atoms with E-state index in [1.807, 2.05) is 43.3 Å². The van der Waals surface area contributed by atoms with Gasteiger partial charge in [-0.05, 0) is 23.8 Å². The molecule has 0 aliphatic carbocycles. The fourth-order valence-electron chi connectivity index (χ4n) is 1.72. The first-order chi connectivity index (χ1) is 9.97. The maximum atomic E-state index is 10.6. The molecule has 0 radical (unpaired) electrons. The zero-order valence-corrected chi connectivity index (χ0v) is 12.4. The minimum Gasteiger partial charge on any atom is -0.378 e. The number of halogens is 1. The molecule has 0 fully saturated rings. The van der Waals surface area contributed by atoms with Gasteiger partial charge in [0.05, 0.1) is 15.6 Å². The molecule has 6 heteroatoms. The minimum absolute atomic E-state index is 0.0470. The average Bonchev–Trinajstić information content (AvgIpc) is 2.46. The Kier molecular flexibility index (Phi) is 4.55. The van der Waals surface area contributed by atoms with Crippen LogP contribution in [0.4, 0.5) is 17.1 Å². The maximum absolute atomic E-state index is 10.6. The smallest absolute Gasteiger partial charge is 0.271 e. The van der Waals surface area contributed by atoms with Gasteiger partial charge in [-0.15, -0.1) is 0 Å². The van der Waals surface area contributed by atoms with Gasteiger partial charge < -0.3 is 4.90 Å². The number of hydrogen-bond donors (Lipinski definition) is 0. The van der Waals surface area contributed by atoms with Crippen LogP contribution in [0.25, 0.3) is 0 Å². The highest BCUT2D eigenvalue weighted by atomic mass is 35.5. The van der Waals surface area contributed by atoms with Gasteiger partial charge in [-0.2, -0.15) is 0 Å². The van der Waals surface area contributed by atoms with Crippen molar-refractivity contribution in [3.8, 4) is 0 Å². The molecule has 0 saturated heterocycles. The van der Waals surface area contributed by atoms with Crippen molar-refractivity contribution in [2.24, 2.45) is 4.99 Å². The van der Waals surface area contributed by atoms with Crippen LogP contribution in [0.2, 0.25) is 5.02 Å². The van der Waals surface area contributed by atoms with Crippen molar-refractivity contribution in [3.05, 3.63) is 63.2 Å². The average molecular weight is 304 g/mol. The first kappa shape index (κ1) is 15.0. The fraction of sp³-hybridized carbons (Fsp3) is 0.133. The lowest BCUT2D eigenvalue weighted by atomic mass is 10.2. The van der Waals surface area contributed by atoms with Gasteiger partial charge in [0.1, 0.15) is 0 Å². The topological polar surface area (TPSA) is 58.7 Å². The van der Waals surface area contributed by atoms with Gasteiger partial charge in [0, 0.05) is 38.1 Å². The molecule has 0 aromatic heterocycles. The van der Waals surface area contributed by atoms with E-state index in [9.17, 15) is 10.1 Å². The molecule has 0 N–H and O–H groups in total. The maximum Gasteiger partial charge on any atom is 0.271 e. The zero-order valence-electron chi connectivity index (χ0n) is 11.7. The molecule has 0 unspecified atom stereocenters. The summed E-state index contributed by atoms with van der Waals surface area (Å²) >= 11 is 5.98. The summed E-state index contributed by atoms with van der Waals surface area (Å²) in [5.74, 6) is 0. The molecular formula is C15H14ClN3O2. The Morgan fingerprint density at radius 3 is 2.38 bits per heavy atom. The lowest BCUT2D eigenvalue weighted by Gasteiger charge is -2.11. The highest BCUT2D eigenvalue weighted by Gasteiger charge is 2.08. The highest BCUT2D eigenvalue weighted by molar-refractivity contribution is 6.33. The summed E-state index contributed by atoms with van der Waals surface area (Å²) in [6.07, 6.45) is 1.67. The van der Waals surface area contributed by atoms with E-state index in [0.717, 1.165) is 11.3 Å². The van der Waals surface area contributed by atoms with E-state index in [1.165, 1.54) is 18.2 Å². The number of benzene rings is 2. The van der Waals surface area contributed by atoms with Crippen molar-refractivity contribution >= 4 is 34.9 Å². The van der Waals surface area contributed by atoms with E-state index in [4.69, 9.17) is 11.6 Å². The van der Waals surface area contributed by atoms with Crippen LogP contribution in [0.5, 0.6) is 0 Å². The number of aliphatic imine (C=N–C) groups is 1. The van der Waals surface area contributed by atoms with E-state index in [1.54, 1.807) is 6.21 Å². The SMILES string of the molecule is CN(C)c1ccc(C=Nc2ccc([N+](=O)[O-])cc2Cl)cc1. The summed E-state index contributed by atoms with van der Waals surface area (Å²) in [6, 6.07) is 12.1. The molecule has 0 heterocycles. The third-order valence-corrected chi connectivity index (χ3v) is 3.21. The summed E-state index contributed by atoms with van der Waals surface area (Å²) in [5, 5.41) is 10.9. The van der Waals surface area contributed by atoms with E-state index in [2.05, 4.69) is 4.99 Å². The van der Waals surface area contributed by atoms with Crippen molar-refractivity contribution in [1.82, 2.24) is 0 Å². The van der Waals surface area contributed by atoms with Gasteiger partial charge in [0.25, 0.3) is 5.69 Å². The van der Waals surface area contributed by atoms with Crippen molar-refractivity contribution in [3.63, 3.8) is 0 Å². The molecule has 0 spiro atoms. The second kappa shape index (κ2) is 6.37. The molecule has 2 aromatic rings. The summed E-state index contributed by atoms with van der Waals surface area (Å²) in [7, 11) is 3.94. The number of nitrogens with zero attached hydrogens (tertiary/aromatic N) is 3. The Morgan fingerprint density at radius 2 is 1.86 bits per heavy atom. The van der Waals surface area contributed by atoms with Crippen LogP contribution < -0.4 is 4.90 Å². The number of anilines is 1. The molecule has 21 heavy (non-hydrogen) atoms. The van der Waals surface area contributed by atoms with Crippen LogP contribution in [-0.4, -0.2) is 25.2 Å². The van der Waals surface area contributed by atoms with Crippen molar-refractivity contribution in [1.29, 1.82) is 0 Å². The second-order valence-electron chi connectivity index (χ2n) is 4.64. The van der Waals surface area contributed by atoms with Crippen molar-refractivity contribution < 1.29 is 4.92 Å². The third-order valence-electron chi connectivity index (χ3n) is 2.90. The normalized spacial score (nSPS) is 10.8. The Balaban J connectivity index is 2.19. The summed E-state index contributed by atoms with van der Waals surface area (Å²) in [6.45, 7) is 0. The zero-order chi connectivity index (χ0) is 15.4. The molecule has 0 saturated carbocycles. The monoisotopic (exact) mass is 303 g/mol.